The van der Waals surface area contributed by atoms with Gasteiger partial charge in [-0.3, -0.25) is 5.01 Å². The van der Waals surface area contributed by atoms with E-state index in [1.54, 1.807) is 5.01 Å². The molecule has 0 aliphatic heterocycles. The largest absolute Gasteiger partial charge is 0.260 e. The van der Waals surface area contributed by atoms with Gasteiger partial charge in [-0.1, -0.05) is 66.2 Å². The maximum atomic E-state index is 11.0. The van der Waals surface area contributed by atoms with E-state index in [2.05, 4.69) is 33.0 Å². The van der Waals surface area contributed by atoms with Crippen LogP contribution in [0.1, 0.15) is 79.1 Å². The number of hydrogen-bond acceptors (Lipinski definition) is 2. The highest BCUT2D eigenvalue weighted by Crippen LogP contribution is 2.18. The fraction of sp³-hybridized carbons (Fsp3) is 1.00. The summed E-state index contributed by atoms with van der Waals surface area (Å²) < 4.78 is 0. The van der Waals surface area contributed by atoms with Crippen molar-refractivity contribution >= 4 is 0 Å². The highest BCUT2D eigenvalue weighted by Gasteiger charge is 2.16. The Morgan fingerprint density at radius 3 is 1.53 bits per heavy atom. The first kappa shape index (κ1) is 18.4. The van der Waals surface area contributed by atoms with Crippen molar-refractivity contribution in [2.75, 3.05) is 13.1 Å². The van der Waals surface area contributed by atoms with Crippen molar-refractivity contribution in [2.24, 2.45) is 17.1 Å². The second-order valence-electron chi connectivity index (χ2n) is 5.79. The number of nitroso groups, excluding NO2 is 1. The van der Waals surface area contributed by atoms with E-state index in [4.69, 9.17) is 0 Å². The fourth-order valence-corrected chi connectivity index (χ4v) is 2.57. The van der Waals surface area contributed by atoms with Gasteiger partial charge in [0.05, 0.1) is 5.29 Å². The van der Waals surface area contributed by atoms with Crippen LogP contribution in [0.5, 0.6) is 0 Å². The van der Waals surface area contributed by atoms with Gasteiger partial charge in [-0.25, -0.2) is 0 Å². The molecule has 3 nitrogen and oxygen atoms in total. The second-order valence-corrected chi connectivity index (χ2v) is 5.79. The molecule has 0 spiro atoms. The molecule has 0 aliphatic rings. The van der Waals surface area contributed by atoms with Crippen LogP contribution in [0.4, 0.5) is 0 Å². The van der Waals surface area contributed by atoms with Gasteiger partial charge < -0.3 is 0 Å². The summed E-state index contributed by atoms with van der Waals surface area (Å²) in [7, 11) is 0. The molecule has 0 heterocycles. The highest BCUT2D eigenvalue weighted by molar-refractivity contribution is 4.67. The second kappa shape index (κ2) is 12.4. The fourth-order valence-electron chi connectivity index (χ4n) is 2.57. The van der Waals surface area contributed by atoms with Crippen molar-refractivity contribution in [2.45, 2.75) is 79.1 Å². The van der Waals surface area contributed by atoms with E-state index in [1.165, 1.54) is 38.5 Å². The average Bonchev–Trinajstić information content (AvgIpc) is 2.45. The molecule has 0 unspecified atom stereocenters. The molecule has 0 saturated carbocycles. The first-order chi connectivity index (χ1) is 9.21. The van der Waals surface area contributed by atoms with E-state index in [0.29, 0.717) is 11.8 Å². The van der Waals surface area contributed by atoms with Gasteiger partial charge >= 0.3 is 0 Å². The van der Waals surface area contributed by atoms with Gasteiger partial charge in [0.2, 0.25) is 0 Å². The van der Waals surface area contributed by atoms with Crippen LogP contribution in [0.2, 0.25) is 0 Å². The van der Waals surface area contributed by atoms with Gasteiger partial charge in [-0.2, -0.15) is 0 Å². The minimum Gasteiger partial charge on any atom is -0.260 e. The normalized spacial score (nSPS) is 14.1. The van der Waals surface area contributed by atoms with Crippen molar-refractivity contribution in [3.63, 3.8) is 0 Å². The number of rotatable bonds is 13. The Kier molecular flexibility index (Phi) is 12.0. The van der Waals surface area contributed by atoms with E-state index in [1.807, 2.05) is 0 Å². The molecule has 0 aromatic rings. The van der Waals surface area contributed by atoms with E-state index in [9.17, 15) is 4.91 Å². The lowest BCUT2D eigenvalue weighted by atomic mass is 9.96. The maximum absolute atomic E-state index is 11.0. The molecule has 114 valence electrons. The standard InChI is InChI=1S/C16H34N2O/c1-5-9-11-15(7-3)13-18(17-19)14-16(8-4)12-10-6-2/h15-16H,5-14H2,1-4H3/t15-,16-/m1/s1. The summed E-state index contributed by atoms with van der Waals surface area (Å²) in [6.07, 6.45) is 9.75. The topological polar surface area (TPSA) is 32.7 Å². The molecular formula is C16H34N2O. The molecule has 0 N–H and O–H groups in total. The van der Waals surface area contributed by atoms with Crippen LogP contribution in [0.15, 0.2) is 5.29 Å². The van der Waals surface area contributed by atoms with Crippen molar-refractivity contribution in [1.29, 1.82) is 0 Å². The predicted molar refractivity (Wildman–Crippen MR) is 84.0 cm³/mol. The Hall–Kier alpha value is -0.600. The Labute approximate surface area is 120 Å². The Morgan fingerprint density at radius 1 is 0.842 bits per heavy atom. The molecule has 0 aliphatic carbocycles. The van der Waals surface area contributed by atoms with Crippen LogP contribution in [0.25, 0.3) is 0 Å². The first-order valence-electron chi connectivity index (χ1n) is 8.29. The molecule has 0 aromatic heterocycles. The number of nitrogens with zero attached hydrogens (tertiary/aromatic N) is 2. The number of hydrogen-bond donors (Lipinski definition) is 0. The van der Waals surface area contributed by atoms with Gasteiger partial charge in [0.15, 0.2) is 0 Å². The zero-order chi connectivity index (χ0) is 14.5. The summed E-state index contributed by atoms with van der Waals surface area (Å²) in [6.45, 7) is 10.6. The molecule has 0 rings (SSSR count). The SMILES string of the molecule is CCCC[C@@H](CC)CN(C[C@H](CC)CCCC)N=O. The van der Waals surface area contributed by atoms with Crippen LogP contribution in [0, 0.1) is 16.7 Å². The minimum absolute atomic E-state index is 0.626. The van der Waals surface area contributed by atoms with Gasteiger partial charge in [0.1, 0.15) is 0 Å². The number of unbranched alkanes of at least 4 members (excludes halogenated alkanes) is 2. The third kappa shape index (κ3) is 9.01. The van der Waals surface area contributed by atoms with E-state index >= 15 is 0 Å². The third-order valence-electron chi connectivity index (χ3n) is 4.14. The average molecular weight is 270 g/mol. The minimum atomic E-state index is 0.626. The van der Waals surface area contributed by atoms with Gasteiger partial charge in [-0.15, -0.1) is 4.91 Å². The zero-order valence-corrected chi connectivity index (χ0v) is 13.5. The van der Waals surface area contributed by atoms with Crippen LogP contribution in [-0.4, -0.2) is 18.1 Å². The summed E-state index contributed by atoms with van der Waals surface area (Å²) in [6, 6.07) is 0. The van der Waals surface area contributed by atoms with Crippen molar-refractivity contribution in [3.05, 3.63) is 4.91 Å². The van der Waals surface area contributed by atoms with Gasteiger partial charge in [0.25, 0.3) is 0 Å². The maximum Gasteiger partial charge on any atom is 0.0524 e. The predicted octanol–water partition coefficient (Wildman–Crippen LogP) is 5.40. The Balaban J connectivity index is 4.18. The van der Waals surface area contributed by atoms with Crippen molar-refractivity contribution in [1.82, 2.24) is 5.01 Å². The van der Waals surface area contributed by atoms with Crippen molar-refractivity contribution in [3.8, 4) is 0 Å². The molecule has 0 radical (unpaired) electrons. The lowest BCUT2D eigenvalue weighted by Gasteiger charge is -2.25. The van der Waals surface area contributed by atoms with Crippen LogP contribution < -0.4 is 0 Å². The molecule has 0 bridgehead atoms. The van der Waals surface area contributed by atoms with E-state index in [-0.39, 0.29) is 0 Å². The molecule has 2 atom stereocenters. The van der Waals surface area contributed by atoms with Crippen LogP contribution >= 0.6 is 0 Å². The molecule has 3 heteroatoms. The monoisotopic (exact) mass is 270 g/mol. The molecule has 0 aromatic carbocycles. The summed E-state index contributed by atoms with van der Waals surface area (Å²) in [5.41, 5.74) is 0. The molecule has 0 fully saturated rings. The summed E-state index contributed by atoms with van der Waals surface area (Å²) in [5.74, 6) is 1.25. The lowest BCUT2D eigenvalue weighted by Crippen LogP contribution is -2.29. The first-order valence-corrected chi connectivity index (χ1v) is 8.29. The smallest absolute Gasteiger partial charge is 0.0524 e. The highest BCUT2D eigenvalue weighted by atomic mass is 16.3. The van der Waals surface area contributed by atoms with E-state index < -0.39 is 0 Å². The Bertz CT molecular complexity index is 191. The molecule has 19 heavy (non-hydrogen) atoms. The lowest BCUT2D eigenvalue weighted by molar-refractivity contribution is 0.185. The van der Waals surface area contributed by atoms with Gasteiger partial charge in [0, 0.05) is 13.1 Å². The molecular weight excluding hydrogens is 236 g/mol. The quantitative estimate of drug-likeness (QED) is 0.331. The summed E-state index contributed by atoms with van der Waals surface area (Å²) >= 11 is 0. The van der Waals surface area contributed by atoms with E-state index in [0.717, 1.165) is 25.9 Å². The summed E-state index contributed by atoms with van der Waals surface area (Å²) in [4.78, 5) is 11.0. The zero-order valence-electron chi connectivity index (χ0n) is 13.5. The van der Waals surface area contributed by atoms with Crippen molar-refractivity contribution < 1.29 is 0 Å². The van der Waals surface area contributed by atoms with Crippen LogP contribution in [-0.2, 0) is 0 Å². The third-order valence-corrected chi connectivity index (χ3v) is 4.14. The Morgan fingerprint density at radius 2 is 1.26 bits per heavy atom. The van der Waals surface area contributed by atoms with Crippen LogP contribution in [0.3, 0.4) is 0 Å². The molecule has 0 amide bonds. The van der Waals surface area contributed by atoms with Gasteiger partial charge in [-0.05, 0) is 24.7 Å². The summed E-state index contributed by atoms with van der Waals surface area (Å²) in [5, 5.41) is 5.05. The molecule has 0 saturated heterocycles.